The van der Waals surface area contributed by atoms with Gasteiger partial charge in [0.25, 0.3) is 5.56 Å². The van der Waals surface area contributed by atoms with E-state index in [1.165, 1.54) is 87.7 Å². The highest BCUT2D eigenvalue weighted by Crippen LogP contribution is 2.35. The monoisotopic (exact) mass is 567 g/mol. The number of carbonyl (C=O) groups excluding carboxylic acids is 1. The molecule has 3 aromatic rings. The number of hydrogen-bond donors (Lipinski definition) is 0. The van der Waals surface area contributed by atoms with E-state index in [0.717, 1.165) is 24.0 Å². The van der Waals surface area contributed by atoms with Crippen molar-refractivity contribution in [3.05, 3.63) is 88.4 Å². The topological polar surface area (TPSA) is 81.0 Å². The van der Waals surface area contributed by atoms with Crippen molar-refractivity contribution in [3.63, 3.8) is 0 Å². The average molecular weight is 568 g/mol. The van der Waals surface area contributed by atoms with Gasteiger partial charge >= 0.3 is 0 Å². The Morgan fingerprint density at radius 2 is 1.57 bits per heavy atom. The van der Waals surface area contributed by atoms with Crippen LogP contribution in [0, 0.1) is 5.82 Å². The molecule has 40 heavy (non-hydrogen) atoms. The largest absolute Gasteiger partial charge is 0.344 e. The number of hydrogen-bond acceptors (Lipinski definition) is 6. The highest BCUT2D eigenvalue weighted by atomic mass is 32.2. The summed E-state index contributed by atoms with van der Waals surface area (Å²) in [5.41, 5.74) is 1.33. The van der Waals surface area contributed by atoms with Crippen LogP contribution in [0.4, 0.5) is 4.39 Å². The van der Waals surface area contributed by atoms with Crippen LogP contribution in [0.15, 0.2) is 60.0 Å². The van der Waals surface area contributed by atoms with Gasteiger partial charge in [-0.25, -0.2) is 14.4 Å². The molecule has 1 unspecified atom stereocenters. The molecule has 0 N–H and O–H groups in total. The molecule has 216 valence electrons. The van der Waals surface area contributed by atoms with E-state index in [9.17, 15) is 14.0 Å². The van der Waals surface area contributed by atoms with Gasteiger partial charge in [0, 0.05) is 49.6 Å². The second-order valence-corrected chi connectivity index (χ2v) is 11.3. The maximum Gasteiger partial charge on any atom is 0.272 e. The number of likely N-dealkylation sites (N-methyl/N-ethyl adjacent to an activating group) is 1. The molecule has 0 aliphatic heterocycles. The Balaban J connectivity index is 1.59. The number of aromatic nitrogens is 4. The molecule has 1 aromatic carbocycles. The third-order valence-corrected chi connectivity index (χ3v) is 8.26. The van der Waals surface area contributed by atoms with E-state index < -0.39 is 0 Å². The van der Waals surface area contributed by atoms with Gasteiger partial charge in [-0.05, 0) is 24.1 Å². The zero-order valence-electron chi connectivity index (χ0n) is 23.8. The first-order chi connectivity index (χ1) is 19.5. The molecule has 0 spiro atoms. The predicted molar refractivity (Wildman–Crippen MR) is 160 cm³/mol. The van der Waals surface area contributed by atoms with Crippen LogP contribution in [0.5, 0.6) is 0 Å². The van der Waals surface area contributed by atoms with Gasteiger partial charge in [0.2, 0.25) is 5.91 Å². The minimum atomic E-state index is -0.389. The van der Waals surface area contributed by atoms with E-state index in [4.69, 9.17) is 0 Å². The number of nitrogens with zero attached hydrogens (tertiary/aromatic N) is 5. The van der Waals surface area contributed by atoms with E-state index in [0.29, 0.717) is 18.1 Å². The Kier molecular flexibility index (Phi) is 13.8. The van der Waals surface area contributed by atoms with Gasteiger partial charge in [0.05, 0.1) is 5.25 Å². The molecule has 0 saturated carbocycles. The van der Waals surface area contributed by atoms with Gasteiger partial charge in [-0.15, -0.1) is 11.8 Å². The summed E-state index contributed by atoms with van der Waals surface area (Å²) in [6.45, 7) is 3.03. The van der Waals surface area contributed by atoms with Crippen molar-refractivity contribution in [3.8, 4) is 0 Å². The first-order valence-corrected chi connectivity index (χ1v) is 15.4. The summed E-state index contributed by atoms with van der Waals surface area (Å²) in [5.74, 6) is 0.696. The van der Waals surface area contributed by atoms with Crippen LogP contribution in [0.1, 0.15) is 93.3 Å². The van der Waals surface area contributed by atoms with Crippen LogP contribution in [0.3, 0.4) is 0 Å². The SMILES string of the molecule is CCCCCCCCCCCCN(C)C(=O)Cn1ccc(=O)nc1C(SCc1ccc(F)cc1)c1cncnc1. The molecule has 0 aliphatic rings. The maximum absolute atomic E-state index is 13.4. The van der Waals surface area contributed by atoms with Crippen LogP contribution in [0.2, 0.25) is 0 Å². The summed E-state index contributed by atoms with van der Waals surface area (Å²) in [6.07, 6.45) is 19.0. The molecule has 2 heterocycles. The number of rotatable bonds is 18. The van der Waals surface area contributed by atoms with Gasteiger partial charge in [-0.1, -0.05) is 76.8 Å². The number of carbonyl (C=O) groups is 1. The van der Waals surface area contributed by atoms with Gasteiger partial charge in [0.1, 0.15) is 24.5 Å². The normalized spacial score (nSPS) is 11.9. The van der Waals surface area contributed by atoms with E-state index in [-0.39, 0.29) is 29.1 Å². The maximum atomic E-state index is 13.4. The number of amides is 1. The van der Waals surface area contributed by atoms with E-state index in [1.54, 1.807) is 40.2 Å². The molecule has 1 atom stereocenters. The van der Waals surface area contributed by atoms with Gasteiger partial charge < -0.3 is 9.47 Å². The molecule has 0 saturated heterocycles. The van der Waals surface area contributed by atoms with E-state index >= 15 is 0 Å². The summed E-state index contributed by atoms with van der Waals surface area (Å²) in [7, 11) is 1.83. The van der Waals surface area contributed by atoms with Crippen molar-refractivity contribution in [2.24, 2.45) is 0 Å². The Morgan fingerprint density at radius 1 is 0.950 bits per heavy atom. The summed E-state index contributed by atoms with van der Waals surface area (Å²) in [5, 5.41) is -0.389. The standard InChI is InChI=1S/C31H42FN5O2S/c1-3-4-5-6-7-8-9-10-11-12-18-36(2)29(39)22-37-19-17-28(38)35-31(37)30(26-20-33-24-34-21-26)40-23-25-13-15-27(32)16-14-25/h13-17,19-21,24,30H,3-12,18,22-23H2,1-2H3. The Morgan fingerprint density at radius 3 is 2.23 bits per heavy atom. The fraction of sp³-hybridized carbons (Fsp3) is 0.516. The minimum absolute atomic E-state index is 0.0331. The minimum Gasteiger partial charge on any atom is -0.344 e. The zero-order valence-corrected chi connectivity index (χ0v) is 24.6. The highest BCUT2D eigenvalue weighted by molar-refractivity contribution is 7.98. The van der Waals surface area contributed by atoms with Gasteiger partial charge in [0.15, 0.2) is 0 Å². The third kappa shape index (κ3) is 10.8. The summed E-state index contributed by atoms with van der Waals surface area (Å²) in [4.78, 5) is 39.8. The Bertz CT molecular complexity index is 1210. The van der Waals surface area contributed by atoms with Crippen LogP contribution < -0.4 is 5.56 Å². The van der Waals surface area contributed by atoms with Crippen molar-refractivity contribution in [2.75, 3.05) is 13.6 Å². The van der Waals surface area contributed by atoms with Crippen molar-refractivity contribution in [1.82, 2.24) is 24.4 Å². The molecule has 0 radical (unpaired) electrons. The summed E-state index contributed by atoms with van der Waals surface area (Å²) < 4.78 is 15.1. The molecular formula is C31H42FN5O2S. The molecular weight excluding hydrogens is 525 g/mol. The number of benzene rings is 1. The molecule has 2 aromatic heterocycles. The van der Waals surface area contributed by atoms with E-state index in [2.05, 4.69) is 21.9 Å². The average Bonchev–Trinajstić information content (AvgIpc) is 2.96. The van der Waals surface area contributed by atoms with Crippen molar-refractivity contribution >= 4 is 17.7 Å². The number of unbranched alkanes of at least 4 members (excludes halogenated alkanes) is 9. The quantitative estimate of drug-likeness (QED) is 0.162. The lowest BCUT2D eigenvalue weighted by Gasteiger charge is -2.23. The van der Waals surface area contributed by atoms with Gasteiger partial charge in [-0.2, -0.15) is 4.98 Å². The Labute approximate surface area is 241 Å². The molecule has 1 amide bonds. The van der Waals surface area contributed by atoms with Crippen LogP contribution in [0.25, 0.3) is 0 Å². The molecule has 3 rings (SSSR count). The Hall–Kier alpha value is -3.07. The van der Waals surface area contributed by atoms with Crippen molar-refractivity contribution in [1.29, 1.82) is 0 Å². The lowest BCUT2D eigenvalue weighted by atomic mass is 10.1. The van der Waals surface area contributed by atoms with Crippen LogP contribution in [-0.4, -0.2) is 43.9 Å². The molecule has 0 aliphatic carbocycles. The first kappa shape index (κ1) is 31.5. The van der Waals surface area contributed by atoms with E-state index in [1.807, 2.05) is 7.05 Å². The fourth-order valence-electron chi connectivity index (χ4n) is 4.54. The van der Waals surface area contributed by atoms with Crippen molar-refractivity contribution in [2.45, 2.75) is 88.7 Å². The number of halogens is 1. The third-order valence-electron chi connectivity index (χ3n) is 6.94. The fourth-order valence-corrected chi connectivity index (χ4v) is 5.74. The first-order valence-electron chi connectivity index (χ1n) is 14.4. The van der Waals surface area contributed by atoms with Crippen molar-refractivity contribution < 1.29 is 9.18 Å². The second-order valence-electron chi connectivity index (χ2n) is 10.2. The zero-order chi connectivity index (χ0) is 28.6. The molecule has 9 heteroatoms. The van der Waals surface area contributed by atoms with Crippen LogP contribution in [-0.2, 0) is 17.1 Å². The summed E-state index contributed by atoms with van der Waals surface area (Å²) >= 11 is 1.52. The van der Waals surface area contributed by atoms with Gasteiger partial charge in [-0.3, -0.25) is 9.59 Å². The molecule has 0 bridgehead atoms. The predicted octanol–water partition coefficient (Wildman–Crippen LogP) is 6.57. The molecule has 7 nitrogen and oxygen atoms in total. The van der Waals surface area contributed by atoms with Crippen LogP contribution >= 0.6 is 11.8 Å². The summed E-state index contributed by atoms with van der Waals surface area (Å²) in [6, 6.07) is 7.70. The lowest BCUT2D eigenvalue weighted by molar-refractivity contribution is -0.130. The second kappa shape index (κ2) is 17.6. The highest BCUT2D eigenvalue weighted by Gasteiger charge is 2.23. The number of thioether (sulfide) groups is 1. The lowest BCUT2D eigenvalue weighted by Crippen LogP contribution is -2.33. The smallest absolute Gasteiger partial charge is 0.272 e. The molecule has 0 fully saturated rings.